The number of aliphatic hydroxyl groups is 15. The molecule has 9 saturated carbocycles. The maximum absolute atomic E-state index is 13.0. The molecule has 32 heteroatoms. The fourth-order valence-corrected chi connectivity index (χ4v) is 25.6. The molecule has 15 rings (SSSR count). The van der Waals surface area contributed by atoms with Gasteiger partial charge in [-0.15, -0.1) is 0 Å². The van der Waals surface area contributed by atoms with Crippen molar-refractivity contribution in [1.82, 2.24) is 9.97 Å². The number of carbonyl (C=O) groups is 1. The number of nitrogens with one attached hydrogen (secondary N) is 2. The molecule has 824 valence electrons. The van der Waals surface area contributed by atoms with Crippen LogP contribution in [0.15, 0.2) is 166 Å². The second kappa shape index (κ2) is 53.7. The number of carbonyl (C=O) groups excluding carboxylic acids is 1. The highest BCUT2D eigenvalue weighted by molar-refractivity contribution is 7.80. The van der Waals surface area contributed by atoms with Crippen LogP contribution in [-0.2, 0) is 14.2 Å². The molecule has 0 bridgehead atoms. The summed E-state index contributed by atoms with van der Waals surface area (Å²) in [4.78, 5) is 28.2. The largest absolute Gasteiger partial charge is 0.507 e. The number of fused-ring (bicyclic) bond motifs is 4. The third-order valence-electron chi connectivity index (χ3n) is 33.8. The average Bonchev–Trinajstić information content (AvgIpc) is 1.63. The quantitative estimate of drug-likeness (QED) is 0.0213. The summed E-state index contributed by atoms with van der Waals surface area (Å²) in [5.41, 5.74) is 8.12. The van der Waals surface area contributed by atoms with Gasteiger partial charge in [-0.1, -0.05) is 159 Å². The number of rotatable bonds is 25. The number of ketones is 1. The van der Waals surface area contributed by atoms with E-state index in [2.05, 4.69) is 152 Å². The first-order valence-electron chi connectivity index (χ1n) is 53.2. The molecule has 0 amide bonds. The summed E-state index contributed by atoms with van der Waals surface area (Å²) >= 11 is 8.26. The molecular weight excluding hydrogens is 1930 g/mol. The Morgan fingerprint density at radius 2 is 1.12 bits per heavy atom. The van der Waals surface area contributed by atoms with E-state index in [0.717, 1.165) is 99.8 Å². The zero-order valence-corrected chi connectivity index (χ0v) is 90.1. The number of phenols is 2. The molecule has 147 heavy (non-hydrogen) atoms. The van der Waals surface area contributed by atoms with Crippen molar-refractivity contribution in [1.29, 1.82) is 0 Å². The molecule has 30 atom stereocenters. The van der Waals surface area contributed by atoms with Gasteiger partial charge in [-0.05, 0) is 315 Å². The second-order valence-electron chi connectivity index (χ2n) is 45.6. The van der Waals surface area contributed by atoms with Gasteiger partial charge < -0.3 is 120 Å². The van der Waals surface area contributed by atoms with Gasteiger partial charge in [0.05, 0.1) is 75.1 Å². The van der Waals surface area contributed by atoms with Gasteiger partial charge in [-0.3, -0.25) is 14.6 Å². The Bertz CT molecular complexity index is 5180. The molecule has 9 aliphatic carbocycles. The summed E-state index contributed by atoms with van der Waals surface area (Å²) in [6, 6.07) is 8.27. The van der Waals surface area contributed by atoms with Gasteiger partial charge in [0.25, 0.3) is 5.56 Å². The highest BCUT2D eigenvalue weighted by Crippen LogP contribution is 2.63. The summed E-state index contributed by atoms with van der Waals surface area (Å²) in [5.74, 6) is 5.45. The van der Waals surface area contributed by atoms with E-state index < -0.39 is 134 Å². The summed E-state index contributed by atoms with van der Waals surface area (Å²) in [6.07, 6.45) is 21.8. The van der Waals surface area contributed by atoms with E-state index in [9.17, 15) is 104 Å². The number of phenolic OH excluding ortho intramolecular Hbond substituents is 2. The molecule has 2 saturated heterocycles. The number of halogens is 3. The lowest BCUT2D eigenvalue weighted by Crippen LogP contribution is -2.61. The number of H-pyrrole nitrogens is 2. The van der Waals surface area contributed by atoms with E-state index in [0.29, 0.717) is 131 Å². The number of aliphatic hydroxyl groups excluding tert-OH is 13. The minimum absolute atomic E-state index is 0.0457. The maximum atomic E-state index is 13.0. The fourth-order valence-electron chi connectivity index (χ4n) is 25.5. The first-order chi connectivity index (χ1) is 69.1. The summed E-state index contributed by atoms with van der Waals surface area (Å²) in [6.45, 7) is 36.7. The maximum Gasteiger partial charge on any atom is 0.416 e. The van der Waals surface area contributed by atoms with Crippen molar-refractivity contribution in [3.05, 3.63) is 187 Å². The van der Waals surface area contributed by atoms with E-state index in [1.54, 1.807) is 31.1 Å². The lowest BCUT2D eigenvalue weighted by Gasteiger charge is -2.44. The number of benzene rings is 2. The van der Waals surface area contributed by atoms with Crippen LogP contribution in [0.2, 0.25) is 0 Å². The number of thiol groups is 1. The first kappa shape index (κ1) is 122. The van der Waals surface area contributed by atoms with Crippen LogP contribution in [0.25, 0.3) is 0 Å². The van der Waals surface area contributed by atoms with Gasteiger partial charge in [0.1, 0.15) is 71.6 Å². The monoisotopic (exact) mass is 2100 g/mol. The van der Waals surface area contributed by atoms with E-state index in [4.69, 9.17) is 33.5 Å². The zero-order valence-electron chi connectivity index (χ0n) is 88.4. The third kappa shape index (κ3) is 31.7. The number of Topliss-reactive ketones (excluding diaryl/α,β-unsaturated/α-hetero) is 1. The van der Waals surface area contributed by atoms with E-state index in [1.165, 1.54) is 125 Å². The van der Waals surface area contributed by atoms with Crippen LogP contribution in [0.1, 0.15) is 291 Å². The Morgan fingerprint density at radius 1 is 0.605 bits per heavy atom. The topological polar surface area (TPSA) is 465 Å². The number of alkyl halides is 3. The van der Waals surface area contributed by atoms with Crippen LogP contribution in [0.3, 0.4) is 0 Å². The number of ether oxygens (including phenoxy) is 6. The molecular formula is C115H171F3N2O25S2. The van der Waals surface area contributed by atoms with Crippen LogP contribution in [0, 0.1) is 80.2 Å². The normalized spacial score (nSPS) is 35.3. The fraction of sp³-hybridized carbons (Fsp3) is 0.678. The molecule has 0 radical (unpaired) electrons. The summed E-state index contributed by atoms with van der Waals surface area (Å²) < 4.78 is 72.4. The highest BCUT2D eigenvalue weighted by Gasteiger charge is 2.56. The van der Waals surface area contributed by atoms with Crippen molar-refractivity contribution in [2.45, 2.75) is 391 Å². The Balaban J connectivity index is 0.000000195. The molecule has 19 N–H and O–H groups in total. The highest BCUT2D eigenvalue weighted by atomic mass is 32.1. The minimum Gasteiger partial charge on any atom is -0.507 e. The zero-order chi connectivity index (χ0) is 108. The number of aromatic nitrogens is 2. The Labute approximate surface area is 877 Å². The van der Waals surface area contributed by atoms with Crippen molar-refractivity contribution in [2.75, 3.05) is 26.1 Å². The number of hydrogen-bond acceptors (Lipinski definition) is 27. The Hall–Kier alpha value is -6.97. The predicted octanol–water partition coefficient (Wildman–Crippen LogP) is 17.5. The lowest BCUT2D eigenvalue weighted by atomic mass is 9.60. The molecule has 3 aromatic rings. The number of aromatic hydroxyl groups is 2. The number of methoxy groups -OCH3 is 1. The molecule has 4 heterocycles. The minimum atomic E-state index is -4.59. The van der Waals surface area contributed by atoms with E-state index in [-0.39, 0.29) is 65.1 Å². The predicted molar refractivity (Wildman–Crippen MR) is 565 cm³/mol. The summed E-state index contributed by atoms with van der Waals surface area (Å²) in [5, 5.41) is 170. The molecule has 11 fully saturated rings. The summed E-state index contributed by atoms with van der Waals surface area (Å²) in [7, 11) is 1.39. The Kier molecular flexibility index (Phi) is 44.5. The van der Waals surface area contributed by atoms with E-state index >= 15 is 0 Å². The van der Waals surface area contributed by atoms with Crippen LogP contribution in [0.4, 0.5) is 13.2 Å². The van der Waals surface area contributed by atoms with Crippen LogP contribution >= 0.6 is 24.8 Å². The molecule has 2 aromatic carbocycles. The van der Waals surface area contributed by atoms with Crippen molar-refractivity contribution in [3.8, 4) is 28.7 Å². The molecule has 9 unspecified atom stereocenters. The van der Waals surface area contributed by atoms with Crippen LogP contribution in [-0.4, -0.2) is 244 Å². The number of aromatic amines is 2. The van der Waals surface area contributed by atoms with Crippen LogP contribution in [0.5, 0.6) is 28.7 Å². The standard InChI is InChI=1S/C28H34O15.C28H46O3.C27H41F3O3.C26H40O2.C4H4N2OS.C2H6OS/c1-10-21(32)23(34)25(36)27(40-10)39-9-19-22(33)24(35)26(37)28(43-19)41-12-6-14(30)20-15(31)8-17(42-18(20)7-12)11-3-4-16(38-2)13(29)5-11;1-19-8-12-23(29)17-22(19)11-10-21-7-6-16-28(5)25(14-15-26(21)28)20(2)9-13-24(30)18-27(3,4)31;1-17(7-5-14-26(4,33)27(28,29)30)22-11-12-23-19(8-6-13-25(22,23)3)9-10-20-15-21(31)16-24(32)18(20)2;1-17(2)8-9-18(3)23-12-13-24-20(7-6-14-26(23,24)5)10-11-21-15-22(27)16-25(28)19(21)4;7-3-1-2-5-4(8)6-3;3-1-2-4/h3-7,10,17,19,21-30,32-37H,8-9H2,1-2H3;10-11,20,23-26,29-31H,1,6-9,12-18H2,2-5H3;9-10,17,21-24,31-33H,2,5-8,11-16H2,1,3-4H3;8-11,17-18,22-25,27-28H,4,6-7,12-16H2,1-3,5H3;1-2H,(H2,5,6,7,8);3-4H,1-2H2/b;21-10+,22-11-;19-9+,20-10-;9-8+,20-10+,21-11-;;/t10?,17-,19?,21-,22+,23-,24+,25?,26?,27+,28+;20-,23+,24?,25-,26?,28-;17-,21-,22-,23?,24+,25-,26?;18-,22-,23-,24?,25+,26-;;/m0111../s1. The van der Waals surface area contributed by atoms with Crippen molar-refractivity contribution >= 4 is 30.6 Å². The molecule has 27 nitrogen and oxygen atoms in total. The van der Waals surface area contributed by atoms with Gasteiger partial charge in [-0.2, -0.15) is 25.8 Å². The van der Waals surface area contributed by atoms with E-state index in [1.807, 2.05) is 6.08 Å². The van der Waals surface area contributed by atoms with Gasteiger partial charge in [0.15, 0.2) is 33.9 Å². The van der Waals surface area contributed by atoms with Crippen molar-refractivity contribution in [3.63, 3.8) is 0 Å². The average molecular weight is 2100 g/mol. The smallest absolute Gasteiger partial charge is 0.416 e. The SMILES string of the molecule is C=C1/C(=C\C=C2/CCC[C@@]3(C)C2CC[C@@H]3[C@H](C)/C=C/C(C)C)C[C@@H](O)C[C@@H]1O.C=C1/C(=C\C=C2/CCC[C@@]3(C)C2CC[C@@H]3[C@H](C)CCCC(C)(O)C(F)(F)F)C[C@@H](O)C[C@@H]1O.C=C1CC[C@H](O)C/C1=C/C=C1\CCC[C@@]2(C)C1CC[C@@H]2[C@H](C)CCC(O)CC(C)(C)O.COc1ccc([C@@H]2CC(=O)c3c(O)cc(O[C@@H]4OC(CO[C@@H]5OC(C)[C@H](O)[C@H](O)C5O)[C@@H](O)[C@@H](O)C4O)cc3O2)cc1O.O=c1cc[nH]c(=S)[nH]1.OCCS. The number of allylic oxidation sites excluding steroid dienone is 12. The van der Waals surface area contributed by atoms with Gasteiger partial charge >= 0.3 is 6.18 Å². The molecule has 1 aromatic heterocycles. The lowest BCUT2D eigenvalue weighted by molar-refractivity contribution is -0.318. The first-order valence-corrected chi connectivity index (χ1v) is 54.3. The van der Waals surface area contributed by atoms with Gasteiger partial charge in [0.2, 0.25) is 6.29 Å². The second-order valence-corrected chi connectivity index (χ2v) is 46.4. The van der Waals surface area contributed by atoms with Gasteiger partial charge in [-0.25, -0.2) is 0 Å². The molecule has 0 spiro atoms. The van der Waals surface area contributed by atoms with Crippen molar-refractivity contribution < 1.29 is 133 Å². The van der Waals surface area contributed by atoms with Crippen LogP contribution < -0.4 is 19.8 Å². The van der Waals surface area contributed by atoms with Crippen molar-refractivity contribution in [2.24, 2.45) is 75.4 Å². The number of hydrogen-bond donors (Lipinski definition) is 20. The molecule has 3 aliphatic heterocycles. The van der Waals surface area contributed by atoms with Gasteiger partial charge in [0, 0.05) is 49.4 Å². The Morgan fingerprint density at radius 3 is 1.61 bits per heavy atom. The third-order valence-corrected chi connectivity index (χ3v) is 34.2. The molecule has 12 aliphatic rings.